The van der Waals surface area contributed by atoms with Crippen LogP contribution in [0.1, 0.15) is 27.9 Å². The molecule has 1 aliphatic heterocycles. The van der Waals surface area contributed by atoms with Gasteiger partial charge in [-0.2, -0.15) is 0 Å². The van der Waals surface area contributed by atoms with Crippen molar-refractivity contribution in [2.45, 2.75) is 18.4 Å². The maximum atomic E-state index is 12.3. The number of fused-ring (bicyclic) bond motifs is 1. The molecule has 1 N–H and O–H groups in total. The summed E-state index contributed by atoms with van der Waals surface area (Å²) in [4.78, 5) is 28.6. The normalized spacial score (nSPS) is 16.1. The zero-order chi connectivity index (χ0) is 15.7. The Hall–Kier alpha value is -2.06. The average molecular weight is 336 g/mol. The monoisotopic (exact) mass is 336 g/mol. The van der Waals surface area contributed by atoms with Crippen molar-refractivity contribution in [3.05, 3.63) is 40.4 Å². The molecule has 6 nitrogen and oxygen atoms in total. The second-order valence-corrected chi connectivity index (χ2v) is 7.20. The summed E-state index contributed by atoms with van der Waals surface area (Å²) in [5.74, 6) is 0.248. The van der Waals surface area contributed by atoms with Crippen molar-refractivity contribution in [2.24, 2.45) is 0 Å². The van der Waals surface area contributed by atoms with Crippen LogP contribution < -0.4 is 10.1 Å². The van der Waals surface area contributed by atoms with E-state index in [4.69, 9.17) is 4.74 Å². The van der Waals surface area contributed by atoms with Gasteiger partial charge in [0.1, 0.15) is 5.75 Å². The molecule has 8 heteroatoms. The molecule has 1 atom stereocenters. The highest BCUT2D eigenvalue weighted by molar-refractivity contribution is 7.84. The molecule has 0 aliphatic carbocycles. The quantitative estimate of drug-likeness (QED) is 0.685. The Kier molecular flexibility index (Phi) is 4.04. The van der Waals surface area contributed by atoms with Crippen molar-refractivity contribution < 1.29 is 18.5 Å². The molecule has 22 heavy (non-hydrogen) atoms. The first-order valence-corrected chi connectivity index (χ1v) is 8.75. The lowest BCUT2D eigenvalue weighted by molar-refractivity contribution is -0.131. The molecule has 0 saturated heterocycles. The van der Waals surface area contributed by atoms with Crippen molar-refractivity contribution in [1.82, 2.24) is 4.98 Å². The topological polar surface area (TPSA) is 85.4 Å². The van der Waals surface area contributed by atoms with Crippen LogP contribution in [0.5, 0.6) is 5.75 Å². The Morgan fingerprint density at radius 2 is 2.09 bits per heavy atom. The molecule has 0 spiro atoms. The van der Waals surface area contributed by atoms with E-state index < -0.39 is 22.7 Å². The van der Waals surface area contributed by atoms with Crippen LogP contribution in [0.2, 0.25) is 0 Å². The molecule has 1 aromatic carbocycles. The molecule has 1 unspecified atom stereocenters. The van der Waals surface area contributed by atoms with Gasteiger partial charge in [-0.15, -0.1) is 11.3 Å². The number of benzene rings is 1. The van der Waals surface area contributed by atoms with E-state index in [0.717, 1.165) is 10.6 Å². The Morgan fingerprint density at radius 3 is 2.82 bits per heavy atom. The van der Waals surface area contributed by atoms with Gasteiger partial charge < -0.3 is 4.74 Å². The number of para-hydroxylation sites is 1. The summed E-state index contributed by atoms with van der Waals surface area (Å²) >= 11 is 1.32. The van der Waals surface area contributed by atoms with Crippen LogP contribution in [0, 0.1) is 0 Å². The zero-order valence-electron chi connectivity index (χ0n) is 11.6. The maximum Gasteiger partial charge on any atom is 0.308 e. The molecule has 1 aromatic heterocycles. The van der Waals surface area contributed by atoms with Crippen molar-refractivity contribution >= 4 is 39.1 Å². The number of hydrogen-bond donors (Lipinski definition) is 1. The smallest absolute Gasteiger partial charge is 0.308 e. The van der Waals surface area contributed by atoms with Crippen molar-refractivity contribution in [1.29, 1.82) is 0 Å². The SMILES string of the molecule is CC(=O)Oc1ccccc1C(=O)Nc1nc2c(s1)CS(=O)C2. The fraction of sp³-hybridized carbons (Fsp3) is 0.214. The van der Waals surface area contributed by atoms with Gasteiger partial charge in [0.05, 0.1) is 22.8 Å². The lowest BCUT2D eigenvalue weighted by atomic mass is 10.2. The summed E-state index contributed by atoms with van der Waals surface area (Å²) in [7, 11) is -0.878. The van der Waals surface area contributed by atoms with Crippen molar-refractivity contribution in [3.63, 3.8) is 0 Å². The Morgan fingerprint density at radius 1 is 1.32 bits per heavy atom. The number of carbonyl (C=O) groups excluding carboxylic acids is 2. The van der Waals surface area contributed by atoms with Gasteiger partial charge in [-0.3, -0.25) is 19.1 Å². The third-order valence-electron chi connectivity index (χ3n) is 2.97. The molecular formula is C14H12N2O4S2. The minimum absolute atomic E-state index is 0.206. The fourth-order valence-electron chi connectivity index (χ4n) is 2.07. The standard InChI is InChI=1S/C14H12N2O4S2/c1-8(17)20-11-5-3-2-4-9(11)13(18)16-14-15-10-6-22(19)7-12(10)21-14/h2-5H,6-7H2,1H3,(H,15,16,18). The minimum Gasteiger partial charge on any atom is -0.426 e. The molecule has 0 fully saturated rings. The maximum absolute atomic E-state index is 12.3. The fourth-order valence-corrected chi connectivity index (χ4v) is 4.67. The molecule has 0 radical (unpaired) electrons. The third-order valence-corrected chi connectivity index (χ3v) is 5.38. The van der Waals surface area contributed by atoms with Crippen LogP contribution in [0.25, 0.3) is 0 Å². The molecule has 2 aromatic rings. The van der Waals surface area contributed by atoms with Gasteiger partial charge in [0, 0.05) is 22.6 Å². The minimum atomic E-state index is -0.878. The summed E-state index contributed by atoms with van der Waals surface area (Å²) in [5, 5.41) is 3.16. The van der Waals surface area contributed by atoms with Crippen LogP contribution in [-0.4, -0.2) is 21.1 Å². The highest BCUT2D eigenvalue weighted by Crippen LogP contribution is 2.31. The number of rotatable bonds is 3. The molecule has 1 aliphatic rings. The molecule has 1 amide bonds. The zero-order valence-corrected chi connectivity index (χ0v) is 13.3. The number of esters is 1. The lowest BCUT2D eigenvalue weighted by Gasteiger charge is -2.07. The molecule has 3 rings (SSSR count). The first-order valence-electron chi connectivity index (χ1n) is 6.45. The molecule has 114 valence electrons. The number of anilines is 1. The van der Waals surface area contributed by atoms with Gasteiger partial charge in [0.2, 0.25) is 0 Å². The highest BCUT2D eigenvalue weighted by atomic mass is 32.2. The summed E-state index contributed by atoms with van der Waals surface area (Å²) in [5.41, 5.74) is 1.04. The van der Waals surface area contributed by atoms with Crippen LogP contribution >= 0.6 is 11.3 Å². The lowest BCUT2D eigenvalue weighted by Crippen LogP contribution is -2.14. The van der Waals surface area contributed by atoms with E-state index in [2.05, 4.69) is 10.3 Å². The predicted octanol–water partition coefficient (Wildman–Crippen LogP) is 2.08. The van der Waals surface area contributed by atoms with E-state index in [-0.39, 0.29) is 11.3 Å². The summed E-state index contributed by atoms with van der Waals surface area (Å²) in [6.07, 6.45) is 0. The molecular weight excluding hydrogens is 324 g/mol. The van der Waals surface area contributed by atoms with Gasteiger partial charge in [0.25, 0.3) is 5.91 Å². The average Bonchev–Trinajstić information content (AvgIpc) is 2.95. The first-order chi connectivity index (χ1) is 10.5. The second-order valence-electron chi connectivity index (χ2n) is 4.66. The largest absolute Gasteiger partial charge is 0.426 e. The Labute approximate surface area is 133 Å². The number of thiazole rings is 1. The number of hydrogen-bond acceptors (Lipinski definition) is 6. The van der Waals surface area contributed by atoms with E-state index in [1.165, 1.54) is 18.3 Å². The van der Waals surface area contributed by atoms with Crippen LogP contribution in [0.15, 0.2) is 24.3 Å². The van der Waals surface area contributed by atoms with Gasteiger partial charge in [-0.05, 0) is 12.1 Å². The number of carbonyl (C=O) groups is 2. The number of nitrogens with one attached hydrogen (secondary N) is 1. The van der Waals surface area contributed by atoms with Gasteiger partial charge in [-0.1, -0.05) is 12.1 Å². The number of amides is 1. The number of aromatic nitrogens is 1. The molecule has 0 bridgehead atoms. The van der Waals surface area contributed by atoms with Crippen LogP contribution in [0.4, 0.5) is 5.13 Å². The second kappa shape index (κ2) is 5.98. The number of ether oxygens (including phenoxy) is 1. The van der Waals surface area contributed by atoms with Crippen molar-refractivity contribution in [2.75, 3.05) is 5.32 Å². The van der Waals surface area contributed by atoms with Gasteiger partial charge in [-0.25, -0.2) is 4.98 Å². The summed E-state index contributed by atoms with van der Waals surface area (Å²) < 4.78 is 16.4. The predicted molar refractivity (Wildman–Crippen MR) is 83.4 cm³/mol. The third kappa shape index (κ3) is 3.07. The van der Waals surface area contributed by atoms with E-state index in [0.29, 0.717) is 16.6 Å². The van der Waals surface area contributed by atoms with E-state index in [1.807, 2.05) is 0 Å². The summed E-state index contributed by atoms with van der Waals surface area (Å²) in [6, 6.07) is 6.50. The summed E-state index contributed by atoms with van der Waals surface area (Å²) in [6.45, 7) is 1.28. The highest BCUT2D eigenvalue weighted by Gasteiger charge is 2.23. The van der Waals surface area contributed by atoms with Gasteiger partial charge >= 0.3 is 5.97 Å². The van der Waals surface area contributed by atoms with Crippen LogP contribution in [-0.2, 0) is 27.1 Å². The van der Waals surface area contributed by atoms with E-state index >= 15 is 0 Å². The van der Waals surface area contributed by atoms with E-state index in [9.17, 15) is 13.8 Å². The molecule has 0 saturated carbocycles. The van der Waals surface area contributed by atoms with Gasteiger partial charge in [0.15, 0.2) is 5.13 Å². The van der Waals surface area contributed by atoms with E-state index in [1.54, 1.807) is 24.3 Å². The first kappa shape index (κ1) is 14.9. The Balaban J connectivity index is 1.79. The Bertz CT molecular complexity index is 759. The molecule has 2 heterocycles. The number of nitrogens with zero attached hydrogens (tertiary/aromatic N) is 1. The van der Waals surface area contributed by atoms with Crippen molar-refractivity contribution in [3.8, 4) is 5.75 Å². The van der Waals surface area contributed by atoms with Crippen LogP contribution in [0.3, 0.4) is 0 Å².